The Morgan fingerprint density at radius 2 is 1.35 bits per heavy atom. The molecule has 2 aliphatic rings. The molecule has 1 heteroatoms. The topological polar surface area (TPSA) is 9.23 Å². The van der Waals surface area contributed by atoms with E-state index in [0.717, 1.165) is 11.8 Å². The van der Waals surface area contributed by atoms with Crippen LogP contribution in [0.4, 0.5) is 0 Å². The zero-order chi connectivity index (χ0) is 15.6. The van der Waals surface area contributed by atoms with Crippen molar-refractivity contribution in [2.45, 2.75) is 80.3 Å². The molecule has 0 amide bonds. The maximum absolute atomic E-state index is 5.89. The summed E-state index contributed by atoms with van der Waals surface area (Å²) in [5.41, 5.74) is 1.16. The van der Waals surface area contributed by atoms with Gasteiger partial charge in [-0.2, -0.15) is 0 Å². The van der Waals surface area contributed by atoms with Crippen molar-refractivity contribution in [1.29, 1.82) is 0 Å². The lowest BCUT2D eigenvalue weighted by Gasteiger charge is -2.60. The zero-order valence-corrected chi connectivity index (χ0v) is 15.3. The fraction of sp³-hybridized carbons (Fsp3) is 1.00. The number of hydrogen-bond donors (Lipinski definition) is 0. The van der Waals surface area contributed by atoms with Gasteiger partial charge in [-0.05, 0) is 67.1 Å². The van der Waals surface area contributed by atoms with E-state index >= 15 is 0 Å². The smallest absolute Gasteiger partial charge is 0.0653 e. The highest BCUT2D eigenvalue weighted by Crippen LogP contribution is 2.72. The predicted molar refractivity (Wildman–Crippen MR) is 86.8 cm³/mol. The number of rotatable bonds is 2. The summed E-state index contributed by atoms with van der Waals surface area (Å²) in [6.07, 6.45) is 4.21. The van der Waals surface area contributed by atoms with Crippen LogP contribution in [-0.2, 0) is 4.74 Å². The highest BCUT2D eigenvalue weighted by molar-refractivity contribution is 5.15. The lowest BCUT2D eigenvalue weighted by molar-refractivity contribution is -0.144. The molecule has 2 saturated carbocycles. The Hall–Kier alpha value is -0.0400. The van der Waals surface area contributed by atoms with Crippen LogP contribution in [0.1, 0.15) is 74.7 Å². The summed E-state index contributed by atoms with van der Waals surface area (Å²) < 4.78 is 5.89. The Labute approximate surface area is 126 Å². The van der Waals surface area contributed by atoms with Crippen molar-refractivity contribution >= 4 is 0 Å². The maximum atomic E-state index is 5.89. The van der Waals surface area contributed by atoms with Crippen molar-refractivity contribution in [3.05, 3.63) is 0 Å². The van der Waals surface area contributed by atoms with Gasteiger partial charge in [-0.3, -0.25) is 0 Å². The standard InChI is InChI=1S/C19H36O/c1-16(2,3)19(17(4,5)6)12-13-10-14(15(19)11-13)18(7,8)20-9/h13-15H,10-12H2,1-9H3. The molecule has 118 valence electrons. The summed E-state index contributed by atoms with van der Waals surface area (Å²) in [5.74, 6) is 2.44. The minimum atomic E-state index is 0.0155. The van der Waals surface area contributed by atoms with Crippen molar-refractivity contribution < 1.29 is 4.74 Å². The molecule has 3 unspecified atom stereocenters. The zero-order valence-electron chi connectivity index (χ0n) is 15.3. The number of fused-ring (bicyclic) bond motifs is 2. The van der Waals surface area contributed by atoms with Crippen LogP contribution in [0.5, 0.6) is 0 Å². The highest BCUT2D eigenvalue weighted by atomic mass is 16.5. The lowest BCUT2D eigenvalue weighted by atomic mass is 9.45. The van der Waals surface area contributed by atoms with Gasteiger partial charge in [-0.1, -0.05) is 41.5 Å². The molecular weight excluding hydrogens is 244 g/mol. The molecule has 0 aromatic rings. The van der Waals surface area contributed by atoms with E-state index in [-0.39, 0.29) is 5.60 Å². The molecule has 2 rings (SSSR count). The van der Waals surface area contributed by atoms with E-state index in [4.69, 9.17) is 4.74 Å². The first-order chi connectivity index (χ1) is 8.87. The highest BCUT2D eigenvalue weighted by Gasteiger charge is 2.66. The molecule has 2 aliphatic carbocycles. The van der Waals surface area contributed by atoms with E-state index in [9.17, 15) is 0 Å². The molecule has 20 heavy (non-hydrogen) atoms. The quantitative estimate of drug-likeness (QED) is 0.645. The largest absolute Gasteiger partial charge is 0.379 e. The van der Waals surface area contributed by atoms with Gasteiger partial charge in [-0.25, -0.2) is 0 Å². The minimum Gasteiger partial charge on any atom is -0.379 e. The second-order valence-electron chi connectivity index (χ2n) is 10.0. The van der Waals surface area contributed by atoms with Crippen molar-refractivity contribution in [3.63, 3.8) is 0 Å². The molecule has 2 fully saturated rings. The third-order valence-corrected chi connectivity index (χ3v) is 7.00. The Balaban J connectivity index is 2.47. The van der Waals surface area contributed by atoms with Gasteiger partial charge >= 0.3 is 0 Å². The summed E-state index contributed by atoms with van der Waals surface area (Å²) in [5, 5.41) is 0. The summed E-state index contributed by atoms with van der Waals surface area (Å²) in [7, 11) is 1.89. The van der Waals surface area contributed by atoms with E-state index in [2.05, 4.69) is 55.4 Å². The molecule has 0 aromatic carbocycles. The van der Waals surface area contributed by atoms with Crippen LogP contribution in [0.25, 0.3) is 0 Å². The molecule has 0 radical (unpaired) electrons. The third-order valence-electron chi connectivity index (χ3n) is 7.00. The van der Waals surface area contributed by atoms with Crippen LogP contribution < -0.4 is 0 Å². The first-order valence-electron chi connectivity index (χ1n) is 8.42. The van der Waals surface area contributed by atoms with Gasteiger partial charge in [0.05, 0.1) is 5.60 Å². The van der Waals surface area contributed by atoms with Gasteiger partial charge in [0.1, 0.15) is 0 Å². The molecule has 0 heterocycles. The van der Waals surface area contributed by atoms with Gasteiger partial charge in [-0.15, -0.1) is 0 Å². The maximum Gasteiger partial charge on any atom is 0.0653 e. The molecule has 1 nitrogen and oxygen atoms in total. The number of methoxy groups -OCH3 is 1. The fourth-order valence-corrected chi connectivity index (χ4v) is 6.23. The van der Waals surface area contributed by atoms with E-state index in [1.165, 1.54) is 19.3 Å². The van der Waals surface area contributed by atoms with Gasteiger partial charge in [0.2, 0.25) is 0 Å². The predicted octanol–water partition coefficient (Wildman–Crippen LogP) is 5.54. The van der Waals surface area contributed by atoms with E-state index in [0.29, 0.717) is 22.2 Å². The SMILES string of the molecule is COC(C)(C)C1CC2CC1C(C(C)(C)C)(C(C)(C)C)C2. The lowest BCUT2D eigenvalue weighted by Crippen LogP contribution is -2.55. The molecule has 0 N–H and O–H groups in total. The first-order valence-corrected chi connectivity index (χ1v) is 8.42. The monoisotopic (exact) mass is 280 g/mol. The second-order valence-corrected chi connectivity index (χ2v) is 10.0. The first kappa shape index (κ1) is 16.3. The number of ether oxygens (including phenoxy) is 1. The van der Waals surface area contributed by atoms with E-state index in [1.807, 2.05) is 7.11 Å². The normalized spacial score (nSPS) is 33.8. The van der Waals surface area contributed by atoms with Crippen LogP contribution in [-0.4, -0.2) is 12.7 Å². The van der Waals surface area contributed by atoms with Gasteiger partial charge in [0.25, 0.3) is 0 Å². The van der Waals surface area contributed by atoms with Crippen molar-refractivity contribution in [1.82, 2.24) is 0 Å². The third kappa shape index (κ3) is 2.07. The second kappa shape index (κ2) is 4.48. The summed E-state index contributed by atoms with van der Waals surface area (Å²) in [6, 6.07) is 0. The molecule has 0 spiro atoms. The Morgan fingerprint density at radius 3 is 1.70 bits per heavy atom. The summed E-state index contributed by atoms with van der Waals surface area (Å²) in [6.45, 7) is 19.4. The van der Waals surface area contributed by atoms with Gasteiger partial charge in [0, 0.05) is 7.11 Å². The summed E-state index contributed by atoms with van der Waals surface area (Å²) in [4.78, 5) is 0. The Kier molecular flexibility index (Phi) is 3.66. The van der Waals surface area contributed by atoms with Crippen molar-refractivity contribution in [3.8, 4) is 0 Å². The van der Waals surface area contributed by atoms with Crippen LogP contribution in [0, 0.1) is 34.0 Å². The summed E-state index contributed by atoms with van der Waals surface area (Å²) >= 11 is 0. The van der Waals surface area contributed by atoms with E-state index in [1.54, 1.807) is 0 Å². The fourth-order valence-electron chi connectivity index (χ4n) is 6.23. The minimum absolute atomic E-state index is 0.0155. The van der Waals surface area contributed by atoms with Crippen LogP contribution in [0.2, 0.25) is 0 Å². The average molecular weight is 280 g/mol. The van der Waals surface area contributed by atoms with Crippen molar-refractivity contribution in [2.75, 3.05) is 7.11 Å². The van der Waals surface area contributed by atoms with E-state index < -0.39 is 0 Å². The van der Waals surface area contributed by atoms with Crippen LogP contribution in [0.15, 0.2) is 0 Å². The van der Waals surface area contributed by atoms with Crippen LogP contribution in [0.3, 0.4) is 0 Å². The van der Waals surface area contributed by atoms with Crippen LogP contribution >= 0.6 is 0 Å². The van der Waals surface area contributed by atoms with Gasteiger partial charge in [0.15, 0.2) is 0 Å². The number of hydrogen-bond acceptors (Lipinski definition) is 1. The van der Waals surface area contributed by atoms with Gasteiger partial charge < -0.3 is 4.74 Å². The Bertz CT molecular complexity index is 352. The Morgan fingerprint density at radius 1 is 0.850 bits per heavy atom. The molecule has 0 aromatic heterocycles. The molecule has 3 atom stereocenters. The van der Waals surface area contributed by atoms with Crippen molar-refractivity contribution in [2.24, 2.45) is 34.0 Å². The molecule has 0 saturated heterocycles. The molecular formula is C19H36O. The molecule has 2 bridgehead atoms. The molecule has 0 aliphatic heterocycles. The average Bonchev–Trinajstić information content (AvgIpc) is 2.84.